The van der Waals surface area contributed by atoms with E-state index in [0.717, 1.165) is 6.21 Å². The van der Waals surface area contributed by atoms with Gasteiger partial charge in [-0.1, -0.05) is 5.16 Å². The second-order valence-electron chi connectivity index (χ2n) is 4.11. The highest BCUT2D eigenvalue weighted by Crippen LogP contribution is 2.22. The van der Waals surface area contributed by atoms with Gasteiger partial charge in [0.2, 0.25) is 0 Å². The molecule has 1 fully saturated rings. The number of hydrogen-bond acceptors (Lipinski definition) is 6. The molecule has 1 aliphatic rings. The van der Waals surface area contributed by atoms with Gasteiger partial charge in [0.05, 0.1) is 0 Å². The smallest absolute Gasteiger partial charge is 0.357 e. The van der Waals surface area contributed by atoms with Crippen molar-refractivity contribution in [2.75, 3.05) is 0 Å². The molecule has 2 rings (SSSR count). The lowest BCUT2D eigenvalue weighted by atomic mass is 10.0. The maximum Gasteiger partial charge on any atom is 0.357 e. The lowest BCUT2D eigenvalue weighted by Gasteiger charge is -2.31. The largest absolute Gasteiger partial charge is 0.478 e. The number of halogens is 1. The van der Waals surface area contributed by atoms with Crippen LogP contribution in [0.4, 0.5) is 9.18 Å². The summed E-state index contributed by atoms with van der Waals surface area (Å²) < 4.78 is 19.3. The highest BCUT2D eigenvalue weighted by Gasteiger charge is 2.60. The van der Waals surface area contributed by atoms with Crippen LogP contribution in [0, 0.1) is 6.92 Å². The third-order valence-corrected chi connectivity index (χ3v) is 2.60. The van der Waals surface area contributed by atoms with Crippen molar-refractivity contribution in [2.45, 2.75) is 18.8 Å². The highest BCUT2D eigenvalue weighted by molar-refractivity contribution is 6.13. The van der Waals surface area contributed by atoms with E-state index in [1.807, 2.05) is 5.32 Å². The summed E-state index contributed by atoms with van der Waals surface area (Å²) in [5.41, 5.74) is -3.50. The Bertz CT molecular complexity index is 627. The first-order valence-electron chi connectivity index (χ1n) is 5.64. The van der Waals surface area contributed by atoms with E-state index in [4.69, 9.17) is 9.52 Å². The van der Waals surface area contributed by atoms with Gasteiger partial charge < -0.3 is 14.4 Å². The molecule has 0 bridgehead atoms. The molecule has 3 amide bonds. The molecule has 2 atom stereocenters. The molecule has 1 aromatic heterocycles. The van der Waals surface area contributed by atoms with Crippen LogP contribution >= 0.6 is 0 Å². The van der Waals surface area contributed by atoms with Crippen LogP contribution in [0.5, 0.6) is 0 Å². The lowest BCUT2D eigenvalue weighted by Crippen LogP contribution is -2.70. The van der Waals surface area contributed by atoms with Crippen LogP contribution in [0.25, 0.3) is 0 Å². The van der Waals surface area contributed by atoms with Gasteiger partial charge in [-0.05, 0) is 19.1 Å². The summed E-state index contributed by atoms with van der Waals surface area (Å²) >= 11 is 0. The van der Waals surface area contributed by atoms with Crippen molar-refractivity contribution in [1.29, 1.82) is 0 Å². The minimum Gasteiger partial charge on any atom is -0.478 e. The molecule has 2 heterocycles. The van der Waals surface area contributed by atoms with Gasteiger partial charge >= 0.3 is 17.7 Å². The van der Waals surface area contributed by atoms with Crippen molar-refractivity contribution in [1.82, 2.24) is 10.6 Å². The fourth-order valence-corrected chi connectivity index (χ4v) is 1.54. The van der Waals surface area contributed by atoms with Gasteiger partial charge in [-0.2, -0.15) is 0 Å². The van der Waals surface area contributed by atoms with Gasteiger partial charge in [0, 0.05) is 0 Å². The summed E-state index contributed by atoms with van der Waals surface area (Å²) in [7, 11) is 0. The fraction of sp³-hybridized carbons (Fsp3) is 0.273. The first-order valence-corrected chi connectivity index (χ1v) is 5.64. The topological polar surface area (TPSA) is 130 Å². The number of oxime groups is 1. The number of nitrogens with one attached hydrogen (secondary N) is 2. The Kier molecular flexibility index (Phi) is 3.61. The summed E-state index contributed by atoms with van der Waals surface area (Å²) in [6.07, 6.45) is -1.07. The third-order valence-electron chi connectivity index (χ3n) is 2.60. The number of furan rings is 1. The average Bonchev–Trinajstić information content (AvgIpc) is 2.80. The number of alkyl halides is 1. The predicted octanol–water partition coefficient (Wildman–Crippen LogP) is -0.103. The van der Waals surface area contributed by atoms with E-state index < -0.39 is 29.8 Å². The van der Waals surface area contributed by atoms with Crippen LogP contribution in [-0.2, 0) is 14.4 Å². The lowest BCUT2D eigenvalue weighted by molar-refractivity contribution is -0.174. The number of rotatable bonds is 4. The average molecular weight is 299 g/mol. The molecule has 9 nitrogen and oxygen atoms in total. The van der Waals surface area contributed by atoms with Crippen LogP contribution in [0.1, 0.15) is 11.5 Å². The van der Waals surface area contributed by atoms with Gasteiger partial charge in [-0.3, -0.25) is 15.4 Å². The number of nitrogens with zero attached hydrogens (tertiary/aromatic N) is 1. The number of amides is 3. The maximum absolute atomic E-state index is 14.2. The van der Waals surface area contributed by atoms with Crippen molar-refractivity contribution in [3.8, 4) is 0 Å². The van der Waals surface area contributed by atoms with Gasteiger partial charge in [-0.15, -0.1) is 0 Å². The molecular weight excluding hydrogens is 289 g/mol. The third kappa shape index (κ3) is 2.68. The number of carbonyl (C=O) groups is 3. The Labute approximate surface area is 116 Å². The maximum atomic E-state index is 14.2. The second-order valence-corrected chi connectivity index (χ2v) is 4.11. The van der Waals surface area contributed by atoms with Gasteiger partial charge in [-0.25, -0.2) is 14.0 Å². The van der Waals surface area contributed by atoms with Crippen molar-refractivity contribution in [3.05, 3.63) is 23.7 Å². The number of imide groups is 1. The Morgan fingerprint density at radius 3 is 2.86 bits per heavy atom. The summed E-state index contributed by atoms with van der Waals surface area (Å²) in [4.78, 5) is 37.9. The molecule has 1 aliphatic heterocycles. The number of hydrogen-bond donors (Lipinski definition) is 3. The molecular formula is C11H10FN3O6. The minimum absolute atomic E-state index is 0.263. The van der Waals surface area contributed by atoms with Gasteiger partial charge in [0.25, 0.3) is 12.1 Å². The molecule has 10 heteroatoms. The molecule has 0 spiro atoms. The van der Waals surface area contributed by atoms with E-state index in [9.17, 15) is 18.8 Å². The Balaban J connectivity index is 2.15. The zero-order chi connectivity index (χ0) is 15.6. The Morgan fingerprint density at radius 1 is 1.57 bits per heavy atom. The standard InChI is InChI=1S/C11H10FN3O6/c1-5-2-3-6(20-5)4-13-21-8-11(12,9(17)18)7(16)14-10(19)15-8/h2-4,8H,1H3,(H,17,18)(H2,14,15,16,19)/b13-4-. The van der Waals surface area contributed by atoms with Crippen LogP contribution in [0.3, 0.4) is 0 Å². The molecule has 3 N–H and O–H groups in total. The number of carboxylic acids is 1. The SMILES string of the molecule is Cc1ccc(/C=N\OC2NC(=O)NC(=O)C2(F)C(=O)O)o1. The first-order chi connectivity index (χ1) is 9.84. The number of urea groups is 1. The molecule has 2 unspecified atom stereocenters. The van der Waals surface area contributed by atoms with Gasteiger partial charge in [0.15, 0.2) is 0 Å². The van der Waals surface area contributed by atoms with Crippen LogP contribution in [0.15, 0.2) is 21.7 Å². The Morgan fingerprint density at radius 2 is 2.29 bits per heavy atom. The number of aryl methyl sites for hydroxylation is 1. The molecule has 1 aromatic rings. The van der Waals surface area contributed by atoms with Crippen molar-refractivity contribution in [3.63, 3.8) is 0 Å². The van der Waals surface area contributed by atoms with Gasteiger partial charge in [0.1, 0.15) is 17.7 Å². The van der Waals surface area contributed by atoms with E-state index in [1.54, 1.807) is 13.0 Å². The van der Waals surface area contributed by atoms with E-state index in [2.05, 4.69) is 9.99 Å². The van der Waals surface area contributed by atoms with Crippen molar-refractivity contribution < 1.29 is 33.1 Å². The summed E-state index contributed by atoms with van der Waals surface area (Å²) in [5.74, 6) is -2.91. The van der Waals surface area contributed by atoms with Crippen molar-refractivity contribution >= 4 is 24.1 Å². The molecule has 0 radical (unpaired) electrons. The predicted molar refractivity (Wildman–Crippen MR) is 64.1 cm³/mol. The number of aliphatic carboxylic acids is 1. The van der Waals surface area contributed by atoms with Crippen LogP contribution in [0.2, 0.25) is 0 Å². The molecule has 112 valence electrons. The van der Waals surface area contributed by atoms with E-state index in [-0.39, 0.29) is 5.76 Å². The minimum atomic E-state index is -3.50. The van der Waals surface area contributed by atoms with E-state index in [1.165, 1.54) is 11.4 Å². The monoisotopic (exact) mass is 299 g/mol. The molecule has 0 aliphatic carbocycles. The quantitative estimate of drug-likeness (QED) is 0.404. The zero-order valence-electron chi connectivity index (χ0n) is 10.6. The fourth-order valence-electron chi connectivity index (χ4n) is 1.54. The number of carboxylic acid groups (broad SMARTS) is 1. The summed E-state index contributed by atoms with van der Waals surface area (Å²) in [6, 6.07) is 2.07. The molecule has 21 heavy (non-hydrogen) atoms. The Hall–Kier alpha value is -2.91. The highest BCUT2D eigenvalue weighted by atomic mass is 19.1. The van der Waals surface area contributed by atoms with E-state index in [0.29, 0.717) is 5.76 Å². The molecule has 0 saturated carbocycles. The van der Waals surface area contributed by atoms with Crippen LogP contribution in [-0.4, -0.2) is 41.1 Å². The van der Waals surface area contributed by atoms with E-state index >= 15 is 0 Å². The normalized spacial score (nSPS) is 25.5. The molecule has 0 aromatic carbocycles. The summed E-state index contributed by atoms with van der Waals surface area (Å²) in [5, 5.41) is 15.4. The second kappa shape index (κ2) is 5.23. The first kappa shape index (κ1) is 14.5. The molecule has 1 saturated heterocycles. The van der Waals surface area contributed by atoms with Crippen molar-refractivity contribution in [2.24, 2.45) is 5.16 Å². The zero-order valence-corrected chi connectivity index (χ0v) is 10.6. The summed E-state index contributed by atoms with van der Waals surface area (Å²) in [6.45, 7) is 1.68. The van der Waals surface area contributed by atoms with Crippen LogP contribution < -0.4 is 10.6 Å². The number of carbonyl (C=O) groups excluding carboxylic acids is 2.